The highest BCUT2D eigenvalue weighted by Gasteiger charge is 2.32. The molecule has 1 unspecified atom stereocenters. The van der Waals surface area contributed by atoms with Crippen LogP contribution in [0, 0.1) is 0 Å². The summed E-state index contributed by atoms with van der Waals surface area (Å²) in [5.41, 5.74) is 2.13. The highest BCUT2D eigenvalue weighted by Crippen LogP contribution is 2.31. The number of hydrogen-bond acceptors (Lipinski definition) is 4. The summed E-state index contributed by atoms with van der Waals surface area (Å²) >= 11 is 0. The quantitative estimate of drug-likeness (QED) is 0.755. The Hall–Kier alpha value is -1.63. The second-order valence-corrected chi connectivity index (χ2v) is 7.07. The largest absolute Gasteiger partial charge is 0.390 e. The summed E-state index contributed by atoms with van der Waals surface area (Å²) in [5.74, 6) is 0. The lowest BCUT2D eigenvalue weighted by atomic mass is 10.1. The van der Waals surface area contributed by atoms with Crippen LogP contribution in [0.3, 0.4) is 0 Å². The van der Waals surface area contributed by atoms with Gasteiger partial charge in [0.15, 0.2) is 0 Å². The Balaban J connectivity index is 1.49. The fourth-order valence-corrected chi connectivity index (χ4v) is 3.62. The number of benzene rings is 1. The molecule has 0 aromatic heterocycles. The molecular weight excluding hydrogens is 304 g/mol. The molecule has 1 fully saturated rings. The predicted octanol–water partition coefficient (Wildman–Crippen LogP) is 0.580. The molecular formula is C18H28N4O2. The normalized spacial score (nSPS) is 26.0. The van der Waals surface area contributed by atoms with Crippen LogP contribution in [-0.2, 0) is 6.42 Å². The zero-order valence-electron chi connectivity index (χ0n) is 14.5. The number of carbonyl (C=O) groups is 1. The van der Waals surface area contributed by atoms with Crippen molar-refractivity contribution in [1.29, 1.82) is 0 Å². The van der Waals surface area contributed by atoms with Crippen molar-refractivity contribution in [1.82, 2.24) is 20.4 Å². The molecule has 6 nitrogen and oxygen atoms in total. The number of likely N-dealkylation sites (N-methyl/N-ethyl adjacent to an activating group) is 1. The Morgan fingerprint density at radius 3 is 2.75 bits per heavy atom. The SMILES string of the molecule is CC(CN1CCN(C)CC1)NC(=O)N[C@H]1c2ccccc2C[C@H]1O. The van der Waals surface area contributed by atoms with E-state index in [-0.39, 0.29) is 18.1 Å². The van der Waals surface area contributed by atoms with Crippen molar-refractivity contribution in [3.8, 4) is 0 Å². The lowest BCUT2D eigenvalue weighted by molar-refractivity contribution is 0.136. The van der Waals surface area contributed by atoms with Gasteiger partial charge in [-0.1, -0.05) is 24.3 Å². The van der Waals surface area contributed by atoms with Crippen LogP contribution in [0.5, 0.6) is 0 Å². The van der Waals surface area contributed by atoms with Crippen molar-refractivity contribution in [3.05, 3.63) is 35.4 Å². The van der Waals surface area contributed by atoms with Crippen molar-refractivity contribution in [2.24, 2.45) is 0 Å². The molecule has 1 heterocycles. The van der Waals surface area contributed by atoms with Crippen LogP contribution in [0.4, 0.5) is 4.79 Å². The third-order valence-electron chi connectivity index (χ3n) is 5.00. The van der Waals surface area contributed by atoms with E-state index in [2.05, 4.69) is 27.5 Å². The van der Waals surface area contributed by atoms with Crippen LogP contribution in [0.15, 0.2) is 24.3 Å². The molecule has 1 aliphatic carbocycles. The zero-order chi connectivity index (χ0) is 17.1. The first-order valence-corrected chi connectivity index (χ1v) is 8.76. The second kappa shape index (κ2) is 7.51. The van der Waals surface area contributed by atoms with Crippen LogP contribution >= 0.6 is 0 Å². The van der Waals surface area contributed by atoms with Gasteiger partial charge in [0.05, 0.1) is 12.1 Å². The first-order valence-electron chi connectivity index (χ1n) is 8.76. The van der Waals surface area contributed by atoms with Gasteiger partial charge in [-0.3, -0.25) is 4.90 Å². The van der Waals surface area contributed by atoms with Crippen molar-refractivity contribution >= 4 is 6.03 Å². The number of carbonyl (C=O) groups excluding carboxylic acids is 1. The second-order valence-electron chi connectivity index (χ2n) is 7.07. The van der Waals surface area contributed by atoms with E-state index in [1.807, 2.05) is 31.2 Å². The summed E-state index contributed by atoms with van der Waals surface area (Å²) in [6.07, 6.45) is 0.0407. The molecule has 1 aliphatic heterocycles. The average Bonchev–Trinajstić information content (AvgIpc) is 2.85. The maximum Gasteiger partial charge on any atom is 0.315 e. The number of hydrogen-bond donors (Lipinski definition) is 3. The minimum absolute atomic E-state index is 0.0715. The number of fused-ring (bicyclic) bond motifs is 1. The number of urea groups is 1. The number of nitrogens with zero attached hydrogens (tertiary/aromatic N) is 2. The van der Waals surface area contributed by atoms with Gasteiger partial charge in [-0.15, -0.1) is 0 Å². The van der Waals surface area contributed by atoms with Gasteiger partial charge in [-0.2, -0.15) is 0 Å². The molecule has 0 saturated carbocycles. The average molecular weight is 332 g/mol. The van der Waals surface area contributed by atoms with Crippen LogP contribution in [0.1, 0.15) is 24.1 Å². The van der Waals surface area contributed by atoms with Crippen LogP contribution in [-0.4, -0.2) is 72.9 Å². The molecule has 2 aliphatic rings. The molecule has 6 heteroatoms. The van der Waals surface area contributed by atoms with E-state index in [1.165, 1.54) is 0 Å². The number of aliphatic hydroxyl groups excluding tert-OH is 1. The highest BCUT2D eigenvalue weighted by atomic mass is 16.3. The Bertz CT molecular complexity index is 572. The maximum atomic E-state index is 12.3. The van der Waals surface area contributed by atoms with Crippen molar-refractivity contribution in [2.75, 3.05) is 39.8 Å². The Labute approximate surface area is 143 Å². The maximum absolute atomic E-state index is 12.3. The lowest BCUT2D eigenvalue weighted by Gasteiger charge is -2.34. The van der Waals surface area contributed by atoms with Crippen LogP contribution in [0.25, 0.3) is 0 Å². The molecule has 1 saturated heterocycles. The van der Waals surface area contributed by atoms with Gasteiger partial charge in [-0.25, -0.2) is 4.79 Å². The molecule has 2 amide bonds. The summed E-state index contributed by atoms with van der Waals surface area (Å²) in [5, 5.41) is 16.2. The first-order chi connectivity index (χ1) is 11.5. The third kappa shape index (κ3) is 4.06. The molecule has 0 radical (unpaired) electrons. The van der Waals surface area contributed by atoms with E-state index in [4.69, 9.17) is 0 Å². The zero-order valence-corrected chi connectivity index (χ0v) is 14.5. The molecule has 1 aromatic rings. The topological polar surface area (TPSA) is 67.8 Å². The van der Waals surface area contributed by atoms with Gasteiger partial charge in [0.25, 0.3) is 0 Å². The molecule has 0 spiro atoms. The number of rotatable bonds is 4. The van der Waals surface area contributed by atoms with E-state index in [1.54, 1.807) is 0 Å². The van der Waals surface area contributed by atoms with E-state index in [0.29, 0.717) is 6.42 Å². The summed E-state index contributed by atoms with van der Waals surface area (Å²) in [6.45, 7) is 7.10. The summed E-state index contributed by atoms with van der Waals surface area (Å²) in [7, 11) is 2.14. The van der Waals surface area contributed by atoms with Crippen molar-refractivity contribution in [2.45, 2.75) is 31.5 Å². The molecule has 132 valence electrons. The van der Waals surface area contributed by atoms with E-state index >= 15 is 0 Å². The number of amides is 2. The fourth-order valence-electron chi connectivity index (χ4n) is 3.62. The fraction of sp³-hybridized carbons (Fsp3) is 0.611. The minimum Gasteiger partial charge on any atom is -0.390 e. The van der Waals surface area contributed by atoms with Gasteiger partial charge in [0.1, 0.15) is 0 Å². The van der Waals surface area contributed by atoms with E-state index in [0.717, 1.165) is 43.9 Å². The van der Waals surface area contributed by atoms with Crippen LogP contribution in [0.2, 0.25) is 0 Å². The number of aliphatic hydroxyl groups is 1. The van der Waals surface area contributed by atoms with Crippen LogP contribution < -0.4 is 10.6 Å². The van der Waals surface area contributed by atoms with Gasteiger partial charge < -0.3 is 20.6 Å². The molecule has 3 rings (SSSR count). The summed E-state index contributed by atoms with van der Waals surface area (Å²) in [6, 6.07) is 7.43. The van der Waals surface area contributed by atoms with E-state index in [9.17, 15) is 9.90 Å². The van der Waals surface area contributed by atoms with Crippen molar-refractivity contribution < 1.29 is 9.90 Å². The summed E-state index contributed by atoms with van der Waals surface area (Å²) in [4.78, 5) is 17.0. The standard InChI is InChI=1S/C18H28N4O2/c1-13(12-22-9-7-21(2)8-10-22)19-18(24)20-17-15-6-4-3-5-14(15)11-16(17)23/h3-6,13,16-17,23H,7-12H2,1-2H3,(H2,19,20,24)/t13?,16-,17+/m1/s1. The molecule has 3 atom stereocenters. The Morgan fingerprint density at radius 1 is 1.29 bits per heavy atom. The number of piperazine rings is 1. The Morgan fingerprint density at radius 2 is 2.00 bits per heavy atom. The third-order valence-corrected chi connectivity index (χ3v) is 5.00. The minimum atomic E-state index is -0.555. The molecule has 0 bridgehead atoms. The molecule has 3 N–H and O–H groups in total. The van der Waals surface area contributed by atoms with Gasteiger partial charge in [0, 0.05) is 45.2 Å². The summed E-state index contributed by atoms with van der Waals surface area (Å²) < 4.78 is 0. The number of nitrogens with one attached hydrogen (secondary N) is 2. The monoisotopic (exact) mass is 332 g/mol. The predicted molar refractivity (Wildman–Crippen MR) is 94.0 cm³/mol. The van der Waals surface area contributed by atoms with Gasteiger partial charge >= 0.3 is 6.03 Å². The molecule has 1 aromatic carbocycles. The highest BCUT2D eigenvalue weighted by molar-refractivity contribution is 5.75. The van der Waals surface area contributed by atoms with Gasteiger partial charge in [0.2, 0.25) is 0 Å². The van der Waals surface area contributed by atoms with Gasteiger partial charge in [-0.05, 0) is 25.1 Å². The van der Waals surface area contributed by atoms with Crippen molar-refractivity contribution in [3.63, 3.8) is 0 Å². The first kappa shape index (κ1) is 17.2. The lowest BCUT2D eigenvalue weighted by Crippen LogP contribution is -2.51. The Kier molecular flexibility index (Phi) is 5.38. The van der Waals surface area contributed by atoms with E-state index < -0.39 is 6.10 Å². The molecule has 24 heavy (non-hydrogen) atoms. The smallest absolute Gasteiger partial charge is 0.315 e.